The summed E-state index contributed by atoms with van der Waals surface area (Å²) < 4.78 is 0. The summed E-state index contributed by atoms with van der Waals surface area (Å²) >= 11 is 0. The highest BCUT2D eigenvalue weighted by Gasteiger charge is 2.15. The monoisotopic (exact) mass is 314 g/mol. The largest absolute Gasteiger partial charge is 0.0888 e. The number of aryl methyl sites for hydroxylation is 3. The van der Waals surface area contributed by atoms with Crippen molar-refractivity contribution in [1.82, 2.24) is 0 Å². The zero-order valence-corrected chi connectivity index (χ0v) is 14.6. The minimum absolute atomic E-state index is 1.13. The van der Waals surface area contributed by atoms with Gasteiger partial charge in [-0.1, -0.05) is 61.5 Å². The van der Waals surface area contributed by atoms with Crippen LogP contribution in [-0.4, -0.2) is 0 Å². The molecule has 24 heavy (non-hydrogen) atoms. The summed E-state index contributed by atoms with van der Waals surface area (Å²) in [5, 5.41) is 5.82. The van der Waals surface area contributed by atoms with Gasteiger partial charge in [-0.25, -0.2) is 0 Å². The van der Waals surface area contributed by atoms with E-state index in [1.54, 1.807) is 11.1 Å². The molecule has 0 heteroatoms. The second kappa shape index (κ2) is 6.81. The van der Waals surface area contributed by atoms with Crippen molar-refractivity contribution in [2.24, 2.45) is 0 Å². The third kappa shape index (κ3) is 2.75. The molecule has 0 nitrogen and oxygen atoms in total. The Morgan fingerprint density at radius 3 is 2.50 bits per heavy atom. The van der Waals surface area contributed by atoms with Gasteiger partial charge in [0.25, 0.3) is 0 Å². The Hall–Kier alpha value is -2.08. The Balaban J connectivity index is 1.90. The molecule has 3 aromatic rings. The van der Waals surface area contributed by atoms with Crippen molar-refractivity contribution >= 4 is 21.5 Å². The van der Waals surface area contributed by atoms with E-state index in [4.69, 9.17) is 0 Å². The average molecular weight is 314 g/mol. The first-order valence-corrected chi connectivity index (χ1v) is 9.48. The minimum atomic E-state index is 1.13. The molecule has 0 heterocycles. The number of rotatable bonds is 4. The van der Waals surface area contributed by atoms with Crippen LogP contribution in [0.4, 0.5) is 0 Å². The minimum Gasteiger partial charge on any atom is -0.0888 e. The molecule has 0 aliphatic heterocycles. The van der Waals surface area contributed by atoms with E-state index in [2.05, 4.69) is 61.5 Å². The van der Waals surface area contributed by atoms with Crippen LogP contribution in [0.1, 0.15) is 49.3 Å². The van der Waals surface area contributed by atoms with Gasteiger partial charge in [0.1, 0.15) is 0 Å². The van der Waals surface area contributed by atoms with Gasteiger partial charge >= 0.3 is 0 Å². The summed E-state index contributed by atoms with van der Waals surface area (Å²) in [6.07, 6.45) is 13.2. The van der Waals surface area contributed by atoms with Crippen LogP contribution in [0.5, 0.6) is 0 Å². The highest BCUT2D eigenvalue weighted by molar-refractivity contribution is 6.10. The topological polar surface area (TPSA) is 0 Å². The van der Waals surface area contributed by atoms with E-state index in [0.29, 0.717) is 0 Å². The normalized spacial score (nSPS) is 14.5. The second-order valence-electron chi connectivity index (χ2n) is 7.01. The number of hydrogen-bond donors (Lipinski definition) is 0. The molecule has 0 atom stereocenters. The summed E-state index contributed by atoms with van der Waals surface area (Å²) in [6.45, 7) is 2.20. The maximum atomic E-state index is 2.50. The molecule has 0 aromatic heterocycles. The second-order valence-corrected chi connectivity index (χ2v) is 7.01. The first kappa shape index (κ1) is 15.4. The van der Waals surface area contributed by atoms with Crippen LogP contribution in [0.3, 0.4) is 0 Å². The van der Waals surface area contributed by atoms with Gasteiger partial charge in [-0.15, -0.1) is 0 Å². The molecule has 0 saturated carbocycles. The number of benzene rings is 3. The number of hydrogen-bond acceptors (Lipinski definition) is 0. The molecule has 0 bridgehead atoms. The van der Waals surface area contributed by atoms with Gasteiger partial charge in [0, 0.05) is 0 Å². The van der Waals surface area contributed by atoms with E-state index in [1.807, 2.05) is 0 Å². The summed E-state index contributed by atoms with van der Waals surface area (Å²) in [4.78, 5) is 0. The van der Waals surface area contributed by atoms with Gasteiger partial charge in [-0.3, -0.25) is 0 Å². The zero-order valence-electron chi connectivity index (χ0n) is 14.6. The quantitative estimate of drug-likeness (QED) is 0.368. The fraction of sp³-hybridized carbons (Fsp3) is 0.333. The molecular formula is C24H26. The molecule has 0 radical (unpaired) electrons. The van der Waals surface area contributed by atoms with E-state index >= 15 is 0 Å². The summed E-state index contributed by atoms with van der Waals surface area (Å²) in [5.74, 6) is 0. The van der Waals surface area contributed by atoms with Crippen LogP contribution >= 0.6 is 0 Å². The maximum absolute atomic E-state index is 2.50. The van der Waals surface area contributed by atoms with Crippen LogP contribution in [-0.2, 0) is 19.3 Å². The van der Waals surface area contributed by atoms with Crippen molar-refractivity contribution in [3.05, 3.63) is 71.3 Å². The SMILES string of the molecule is CCC=CCCc1cc2c3c(ccc2c2ccccc12)CCCC3. The van der Waals surface area contributed by atoms with Crippen molar-refractivity contribution in [3.63, 3.8) is 0 Å². The Kier molecular flexibility index (Phi) is 4.38. The van der Waals surface area contributed by atoms with Gasteiger partial charge in [0.05, 0.1) is 0 Å². The predicted octanol–water partition coefficient (Wildman–Crippen LogP) is 6.77. The molecule has 0 saturated heterocycles. The molecule has 4 rings (SSSR count). The van der Waals surface area contributed by atoms with Crippen LogP contribution in [0.2, 0.25) is 0 Å². The lowest BCUT2D eigenvalue weighted by Crippen LogP contribution is -2.03. The number of fused-ring (bicyclic) bond motifs is 5. The Bertz CT molecular complexity index is 899. The molecule has 0 fully saturated rings. The summed E-state index contributed by atoms with van der Waals surface area (Å²) in [6, 6.07) is 16.2. The van der Waals surface area contributed by atoms with Crippen LogP contribution < -0.4 is 0 Å². The van der Waals surface area contributed by atoms with Gasteiger partial charge in [-0.2, -0.15) is 0 Å². The first-order valence-electron chi connectivity index (χ1n) is 9.48. The fourth-order valence-electron chi connectivity index (χ4n) is 4.24. The van der Waals surface area contributed by atoms with E-state index in [-0.39, 0.29) is 0 Å². The molecule has 1 aliphatic carbocycles. The van der Waals surface area contributed by atoms with Crippen LogP contribution in [0.25, 0.3) is 21.5 Å². The van der Waals surface area contributed by atoms with Crippen molar-refractivity contribution in [1.29, 1.82) is 0 Å². The van der Waals surface area contributed by atoms with Crippen LogP contribution in [0.15, 0.2) is 54.6 Å². The van der Waals surface area contributed by atoms with E-state index in [1.165, 1.54) is 52.8 Å². The predicted molar refractivity (Wildman–Crippen MR) is 106 cm³/mol. The van der Waals surface area contributed by atoms with Gasteiger partial charge in [0.2, 0.25) is 0 Å². The average Bonchev–Trinajstić information content (AvgIpc) is 2.65. The van der Waals surface area contributed by atoms with Crippen LogP contribution in [0, 0.1) is 0 Å². The molecule has 122 valence electrons. The fourth-order valence-corrected chi connectivity index (χ4v) is 4.24. The Morgan fingerprint density at radius 2 is 1.62 bits per heavy atom. The summed E-state index contributed by atoms with van der Waals surface area (Å²) in [7, 11) is 0. The molecule has 0 amide bonds. The third-order valence-corrected chi connectivity index (χ3v) is 5.44. The van der Waals surface area contributed by atoms with E-state index in [9.17, 15) is 0 Å². The van der Waals surface area contributed by atoms with Gasteiger partial charge in [-0.05, 0) is 83.2 Å². The van der Waals surface area contributed by atoms with E-state index < -0.39 is 0 Å². The standard InChI is InChI=1S/C24H26/c1-2-3-4-5-11-19-17-24-20-12-7-6-10-18(20)15-16-23(24)22-14-9-8-13-21(19)22/h3-4,8-9,13-17H,2,5-7,10-12H2,1H3. The zero-order chi connectivity index (χ0) is 16.4. The van der Waals surface area contributed by atoms with Gasteiger partial charge in [0.15, 0.2) is 0 Å². The van der Waals surface area contributed by atoms with E-state index in [0.717, 1.165) is 19.3 Å². The highest BCUT2D eigenvalue weighted by atomic mass is 14.2. The van der Waals surface area contributed by atoms with Gasteiger partial charge < -0.3 is 0 Å². The van der Waals surface area contributed by atoms with Crippen molar-refractivity contribution in [2.45, 2.75) is 51.9 Å². The maximum Gasteiger partial charge on any atom is -0.0102 e. The molecule has 0 N–H and O–H groups in total. The first-order chi connectivity index (χ1) is 11.9. The Labute approximate surface area is 145 Å². The van der Waals surface area contributed by atoms with Crippen molar-refractivity contribution < 1.29 is 0 Å². The highest BCUT2D eigenvalue weighted by Crippen LogP contribution is 2.35. The summed E-state index contributed by atoms with van der Waals surface area (Å²) in [5.41, 5.74) is 4.72. The molecule has 0 unspecified atom stereocenters. The molecular weight excluding hydrogens is 288 g/mol. The van der Waals surface area contributed by atoms with Crippen molar-refractivity contribution in [2.75, 3.05) is 0 Å². The number of allylic oxidation sites excluding steroid dienone is 2. The molecule has 0 spiro atoms. The lowest BCUT2D eigenvalue weighted by Gasteiger charge is -2.20. The lowest BCUT2D eigenvalue weighted by atomic mass is 9.85. The molecule has 3 aromatic carbocycles. The third-order valence-electron chi connectivity index (χ3n) is 5.44. The van der Waals surface area contributed by atoms with Crippen molar-refractivity contribution in [3.8, 4) is 0 Å². The lowest BCUT2D eigenvalue weighted by molar-refractivity contribution is 0.690. The molecule has 1 aliphatic rings. The smallest absolute Gasteiger partial charge is 0.0102 e. The Morgan fingerprint density at radius 1 is 0.833 bits per heavy atom.